The third-order valence-corrected chi connectivity index (χ3v) is 15.7. The van der Waals surface area contributed by atoms with Crippen molar-refractivity contribution in [3.8, 4) is 0 Å². The number of ether oxygens (including phenoxy) is 9. The normalized spacial score (nSPS) is 34.8. The molecule has 33 nitrogen and oxygen atoms in total. The summed E-state index contributed by atoms with van der Waals surface area (Å²) in [4.78, 5) is 74.5. The minimum Gasteiger partial charge on any atom is -0.544 e. The molecule has 0 radical (unpaired) electrons. The fourth-order valence-electron chi connectivity index (χ4n) is 11.0. The van der Waals surface area contributed by atoms with Gasteiger partial charge in [0.05, 0.1) is 69.5 Å². The second-order valence-corrected chi connectivity index (χ2v) is 22.5. The van der Waals surface area contributed by atoms with Crippen molar-refractivity contribution in [1.82, 2.24) is 16.0 Å². The van der Waals surface area contributed by atoms with Crippen molar-refractivity contribution in [2.75, 3.05) is 33.0 Å². The van der Waals surface area contributed by atoms with Gasteiger partial charge >= 0.3 is 5.97 Å². The maximum Gasteiger partial charge on any atom is 0.303 e. The maximum absolute atomic E-state index is 13.4. The molecule has 0 saturated carbocycles. The van der Waals surface area contributed by atoms with Crippen molar-refractivity contribution in [2.24, 2.45) is 0 Å². The Bertz CT molecular complexity index is 2190. The summed E-state index contributed by atoms with van der Waals surface area (Å²) in [5.41, 5.74) is 0. The number of aliphatic hydroxyl groups is 13. The lowest BCUT2D eigenvalue weighted by atomic mass is 9.87. The van der Waals surface area contributed by atoms with Crippen LogP contribution in [-0.2, 0) is 71.4 Å². The van der Waals surface area contributed by atoms with E-state index in [4.69, 9.17) is 42.6 Å². The van der Waals surface area contributed by atoms with Crippen molar-refractivity contribution >= 4 is 36.1 Å². The Hall–Kier alpha value is -4.28. The van der Waals surface area contributed by atoms with Gasteiger partial charge in [0.1, 0.15) is 91.3 Å². The summed E-state index contributed by atoms with van der Waals surface area (Å²) in [6.45, 7) is -0.472. The first-order valence-electron chi connectivity index (χ1n) is 29.6. The maximum atomic E-state index is 13.4. The summed E-state index contributed by atoms with van der Waals surface area (Å²) in [6, 6.07) is -4.86. The lowest BCUT2D eigenvalue weighted by Crippen LogP contribution is -2.73. The predicted molar refractivity (Wildman–Crippen MR) is 289 cm³/mol. The number of nitrogens with one attached hydrogen (secondary N) is 3. The van der Waals surface area contributed by atoms with Gasteiger partial charge in [-0.1, -0.05) is 83.3 Å². The summed E-state index contributed by atoms with van der Waals surface area (Å²) >= 11 is 0. The van der Waals surface area contributed by atoms with Crippen molar-refractivity contribution in [2.45, 2.75) is 264 Å². The third-order valence-electron chi connectivity index (χ3n) is 15.7. The SMILES string of the molecule is CCCCCCCCCCCCC/C=C/[C@@H](O)[C@H](CO[C@@H]1O[C@H](CO)[C@@H](O[C@@H]2O[C@H](CO)[C@H](O)[C@H](O[C@]3(C(=O)[O-])C[C@H](O)[C@@H](NC(C)=O)[C@H]([C@H](O)[C@@H](CO)O[C@]4(C(=O)[O-])C[C@H](O)[C@@H](NC(C)=O)[C@H]([C@H](O)[C@@H](CO)OC(C)=O)O4)O3)[C@H]2O)[C@H](O)[C@H]1O)NC=O. The average Bonchev–Trinajstić information content (AvgIpc) is 1.93. The zero-order valence-corrected chi connectivity index (χ0v) is 49.6. The number of hydrogen-bond acceptors (Lipinski definition) is 30. The van der Waals surface area contributed by atoms with Crippen LogP contribution in [-0.4, -0.2) is 282 Å². The van der Waals surface area contributed by atoms with Crippen LogP contribution in [0, 0.1) is 0 Å². The Morgan fingerprint density at radius 2 is 1.14 bits per heavy atom. The summed E-state index contributed by atoms with van der Waals surface area (Å²) < 4.78 is 50.3. The molecule has 4 fully saturated rings. The average molecular weight is 1270 g/mol. The van der Waals surface area contributed by atoms with E-state index < -0.39 is 222 Å². The molecule has 0 unspecified atom stereocenters. The van der Waals surface area contributed by atoms with Gasteiger partial charge in [-0.25, -0.2) is 0 Å². The molecule has 4 heterocycles. The number of esters is 1. The molecule has 4 saturated heterocycles. The van der Waals surface area contributed by atoms with Crippen LogP contribution < -0.4 is 26.2 Å². The highest BCUT2D eigenvalue weighted by atomic mass is 16.8. The number of rotatable bonds is 38. The van der Waals surface area contributed by atoms with E-state index in [1.54, 1.807) is 6.08 Å². The molecule has 0 aromatic heterocycles. The van der Waals surface area contributed by atoms with Crippen LogP contribution in [0.15, 0.2) is 12.2 Å². The number of carbonyl (C=O) groups is 6. The van der Waals surface area contributed by atoms with Crippen molar-refractivity contribution in [3.63, 3.8) is 0 Å². The Labute approximate surface area is 507 Å². The lowest BCUT2D eigenvalue weighted by Gasteiger charge is -2.53. The molecule has 0 aliphatic carbocycles. The smallest absolute Gasteiger partial charge is 0.303 e. The molecular formula is C55H91N3O30-2. The molecule has 88 heavy (non-hydrogen) atoms. The zero-order chi connectivity index (χ0) is 65.6. The van der Waals surface area contributed by atoms with E-state index in [0.29, 0.717) is 12.8 Å². The standard InChI is InChI=1S/C55H93N3O30/c1-5-6-7-8-9-10-11-12-13-14-15-16-17-18-31(67)30(56-26-63)25-80-50-44(74)43(73)46(37(24-62)83-50)84-51-45(75)49(41(71)35(22-60)82-51)88-55(53(78)79)20-33(69)39(58-28(3)65)48(87-55)42(72)36(23-61)85-54(52(76)77)19-32(68)38(57-27(2)64)47(86-54)40(70)34(21-59)81-29(4)66/h17-18,26,30-51,59-62,67-75H,5-16,19-25H2,1-4H3,(H,56,63)(H,57,64)(H,58,65)(H,76,77)(H,78,79)/p-2/b18-17+/t30-,31+,32-,33-,34+,35+,36+,37+,38+,39+,40+,41-,42+,43+,44+,45+,46+,47+,48+,49-,50+,51-,54+,55-/m0/s1. The van der Waals surface area contributed by atoms with E-state index in [0.717, 1.165) is 46.5 Å². The van der Waals surface area contributed by atoms with E-state index in [1.165, 1.54) is 51.0 Å². The molecule has 0 bridgehead atoms. The molecule has 4 rings (SSSR count). The van der Waals surface area contributed by atoms with Gasteiger partial charge in [0.2, 0.25) is 29.8 Å². The molecule has 0 aromatic rings. The van der Waals surface area contributed by atoms with Gasteiger partial charge in [-0.15, -0.1) is 0 Å². The molecular weight excluding hydrogens is 1180 g/mol. The summed E-state index contributed by atoms with van der Waals surface area (Å²) in [7, 11) is 0. The fraction of sp³-hybridized carbons (Fsp3) is 0.855. The highest BCUT2D eigenvalue weighted by Crippen LogP contribution is 2.40. The number of allylic oxidation sites excluding steroid dienone is 1. The molecule has 0 spiro atoms. The molecule has 16 N–H and O–H groups in total. The molecule has 4 aliphatic rings. The highest BCUT2D eigenvalue weighted by molar-refractivity contribution is 5.76. The van der Waals surface area contributed by atoms with Crippen LogP contribution in [0.25, 0.3) is 0 Å². The number of carbonyl (C=O) groups excluding carboxylic acids is 6. The number of aliphatic hydroxyl groups excluding tert-OH is 13. The second kappa shape index (κ2) is 36.7. The number of aliphatic carboxylic acids is 2. The summed E-state index contributed by atoms with van der Waals surface area (Å²) in [5.74, 6) is -14.8. The quantitative estimate of drug-likeness (QED) is 0.0118. The monoisotopic (exact) mass is 1270 g/mol. The topological polar surface area (TPSA) is 531 Å². The van der Waals surface area contributed by atoms with Crippen molar-refractivity contribution in [1.29, 1.82) is 0 Å². The number of carboxylic acid groups (broad SMARTS) is 2. The molecule has 24 atom stereocenters. The van der Waals surface area contributed by atoms with Crippen molar-refractivity contribution < 1.29 is 148 Å². The van der Waals surface area contributed by atoms with E-state index in [1.807, 2.05) is 0 Å². The number of carboxylic acids is 2. The Balaban J connectivity index is 1.54. The highest BCUT2D eigenvalue weighted by Gasteiger charge is 2.60. The first kappa shape index (κ1) is 76.2. The van der Waals surface area contributed by atoms with Crippen molar-refractivity contribution in [3.05, 3.63) is 12.2 Å². The molecule has 33 heteroatoms. The predicted octanol–water partition coefficient (Wildman–Crippen LogP) is -8.39. The molecule has 508 valence electrons. The summed E-state index contributed by atoms with van der Waals surface area (Å²) in [6.07, 6.45) is -26.5. The van der Waals surface area contributed by atoms with Crippen LogP contribution in [0.2, 0.25) is 0 Å². The Morgan fingerprint density at radius 1 is 0.636 bits per heavy atom. The summed E-state index contributed by atoms with van der Waals surface area (Å²) in [5, 5.41) is 177. The Morgan fingerprint density at radius 3 is 1.62 bits per heavy atom. The molecule has 3 amide bonds. The molecule has 0 aromatic carbocycles. The Kier molecular flexibility index (Phi) is 31.8. The van der Waals surface area contributed by atoms with Crippen LogP contribution >= 0.6 is 0 Å². The number of unbranched alkanes of at least 4 members (excludes halogenated alkanes) is 11. The second-order valence-electron chi connectivity index (χ2n) is 22.5. The van der Waals surface area contributed by atoms with Gasteiger partial charge in [-0.3, -0.25) is 19.2 Å². The van der Waals surface area contributed by atoms with Crippen LogP contribution in [0.5, 0.6) is 0 Å². The third kappa shape index (κ3) is 20.6. The van der Waals surface area contributed by atoms with Gasteiger partial charge in [0.25, 0.3) is 0 Å². The minimum absolute atomic E-state index is 0.302. The molecule has 4 aliphatic heterocycles. The van der Waals surface area contributed by atoms with Gasteiger partial charge < -0.3 is 145 Å². The van der Waals surface area contributed by atoms with E-state index in [2.05, 4.69) is 22.9 Å². The fourth-order valence-corrected chi connectivity index (χ4v) is 11.0. The van der Waals surface area contributed by atoms with E-state index >= 15 is 0 Å². The lowest BCUT2D eigenvalue weighted by molar-refractivity contribution is -0.415. The largest absolute Gasteiger partial charge is 0.544 e. The first-order valence-corrected chi connectivity index (χ1v) is 29.6. The van der Waals surface area contributed by atoms with Gasteiger partial charge in [0.15, 0.2) is 18.7 Å². The van der Waals surface area contributed by atoms with Crippen LogP contribution in [0.3, 0.4) is 0 Å². The van der Waals surface area contributed by atoms with E-state index in [-0.39, 0.29) is 0 Å². The number of amides is 3. The van der Waals surface area contributed by atoms with Gasteiger partial charge in [-0.05, 0) is 12.8 Å². The van der Waals surface area contributed by atoms with Gasteiger partial charge in [0, 0.05) is 33.6 Å². The minimum atomic E-state index is -3.52. The van der Waals surface area contributed by atoms with Gasteiger partial charge in [-0.2, -0.15) is 0 Å². The van der Waals surface area contributed by atoms with Crippen LogP contribution in [0.4, 0.5) is 0 Å². The van der Waals surface area contributed by atoms with E-state index in [9.17, 15) is 105 Å². The van der Waals surface area contributed by atoms with Crippen LogP contribution in [0.1, 0.15) is 118 Å². The zero-order valence-electron chi connectivity index (χ0n) is 49.6. The first-order chi connectivity index (χ1) is 41.7. The number of hydrogen-bond donors (Lipinski definition) is 16.